The van der Waals surface area contributed by atoms with Gasteiger partial charge in [0.25, 0.3) is 13.0 Å². The molecule has 136 valence electrons. The number of fused-ring (bicyclic) bond motifs is 1. The fourth-order valence-electron chi connectivity index (χ4n) is 3.03. The minimum atomic E-state index is -0.434. The summed E-state index contributed by atoms with van der Waals surface area (Å²) < 4.78 is 0. The van der Waals surface area contributed by atoms with E-state index in [1.165, 1.54) is 0 Å². The molecule has 2 aromatic heterocycles. The molecule has 25 heavy (non-hydrogen) atoms. The van der Waals surface area contributed by atoms with Crippen molar-refractivity contribution < 1.29 is 15.2 Å². The van der Waals surface area contributed by atoms with E-state index in [2.05, 4.69) is 15.0 Å². The zero-order valence-electron chi connectivity index (χ0n) is 14.6. The van der Waals surface area contributed by atoms with Crippen LogP contribution in [0.25, 0.3) is 10.9 Å². The van der Waals surface area contributed by atoms with Gasteiger partial charge in [0, 0.05) is 23.2 Å². The van der Waals surface area contributed by atoms with Gasteiger partial charge in [0.15, 0.2) is 5.82 Å². The van der Waals surface area contributed by atoms with Gasteiger partial charge in [-0.2, -0.15) is 0 Å². The number of hydrogen-bond acceptors (Lipinski definition) is 6. The molecule has 0 saturated carbocycles. The molecule has 2 unspecified atom stereocenters. The van der Waals surface area contributed by atoms with E-state index in [9.17, 15) is 9.90 Å². The van der Waals surface area contributed by atoms with Crippen LogP contribution in [0.4, 0.5) is 0 Å². The highest BCUT2D eigenvalue weighted by Gasteiger charge is 2.17. The van der Waals surface area contributed by atoms with Crippen LogP contribution in [0, 0.1) is 0 Å². The van der Waals surface area contributed by atoms with Crippen molar-refractivity contribution in [2.24, 2.45) is 0 Å². The molecule has 2 rings (SSSR count). The summed E-state index contributed by atoms with van der Waals surface area (Å²) in [7, 11) is 0.187. The SMILES string of the molecule is CCC(CC(O)CCCCBO)c1cc2cnc(CO)nc2c(=O)[nH]1. The maximum absolute atomic E-state index is 12.3. The second kappa shape index (κ2) is 9.65. The van der Waals surface area contributed by atoms with Gasteiger partial charge in [0.05, 0.1) is 6.10 Å². The Balaban J connectivity index is 2.13. The summed E-state index contributed by atoms with van der Waals surface area (Å²) in [6.45, 7) is 1.72. The molecule has 0 aromatic carbocycles. The second-order valence-electron chi connectivity index (χ2n) is 6.37. The smallest absolute Gasteiger partial charge is 0.274 e. The number of unbranched alkanes of at least 4 members (excludes halogenated alkanes) is 1. The van der Waals surface area contributed by atoms with Crippen LogP contribution >= 0.6 is 0 Å². The molecule has 4 N–H and O–H groups in total. The third-order valence-corrected chi connectivity index (χ3v) is 4.48. The van der Waals surface area contributed by atoms with Gasteiger partial charge in [-0.3, -0.25) is 4.79 Å². The zero-order valence-corrected chi connectivity index (χ0v) is 14.6. The van der Waals surface area contributed by atoms with Crippen LogP contribution in [0.5, 0.6) is 0 Å². The Hall–Kier alpha value is -1.77. The van der Waals surface area contributed by atoms with Crippen LogP contribution in [0.1, 0.15) is 56.5 Å². The average molecular weight is 347 g/mol. The van der Waals surface area contributed by atoms with Crippen molar-refractivity contribution in [3.63, 3.8) is 0 Å². The van der Waals surface area contributed by atoms with E-state index in [1.54, 1.807) is 6.20 Å². The molecule has 0 radical (unpaired) electrons. The highest BCUT2D eigenvalue weighted by Crippen LogP contribution is 2.25. The van der Waals surface area contributed by atoms with Crippen molar-refractivity contribution in [2.45, 2.75) is 64.0 Å². The van der Waals surface area contributed by atoms with E-state index in [0.717, 1.165) is 31.3 Å². The molecule has 2 heterocycles. The van der Waals surface area contributed by atoms with Crippen LogP contribution in [0.3, 0.4) is 0 Å². The predicted octanol–water partition coefficient (Wildman–Crippen LogP) is 0.987. The van der Waals surface area contributed by atoms with Crippen LogP contribution in [-0.2, 0) is 6.61 Å². The van der Waals surface area contributed by atoms with Crippen molar-refractivity contribution in [1.82, 2.24) is 15.0 Å². The fraction of sp³-hybridized carbons (Fsp3) is 0.588. The molecule has 0 aliphatic heterocycles. The first-order valence-corrected chi connectivity index (χ1v) is 8.87. The van der Waals surface area contributed by atoms with Crippen LogP contribution in [0.15, 0.2) is 17.1 Å². The van der Waals surface area contributed by atoms with Gasteiger partial charge in [0.2, 0.25) is 0 Å². The van der Waals surface area contributed by atoms with Gasteiger partial charge >= 0.3 is 0 Å². The number of pyridine rings is 1. The van der Waals surface area contributed by atoms with Crippen molar-refractivity contribution >= 4 is 18.4 Å². The molecular formula is C17H26BN3O4. The average Bonchev–Trinajstić information content (AvgIpc) is 2.63. The standard InChI is InChI=1S/C17H26BN3O4/c1-2-11(7-13(23)5-3-4-6-18-25)14-8-12-9-19-15(10-22)21-16(12)17(24)20-14/h8-9,11,13,18,22-23,25H,2-7,10H2,1H3,(H,20,24). The molecule has 0 saturated heterocycles. The highest BCUT2D eigenvalue weighted by atomic mass is 16.3. The molecule has 0 aliphatic rings. The first-order chi connectivity index (χ1) is 12.1. The number of rotatable bonds is 10. The van der Waals surface area contributed by atoms with Crippen LogP contribution in [-0.4, -0.2) is 43.8 Å². The predicted molar refractivity (Wildman–Crippen MR) is 97.8 cm³/mol. The van der Waals surface area contributed by atoms with E-state index in [-0.39, 0.29) is 36.9 Å². The van der Waals surface area contributed by atoms with Crippen molar-refractivity contribution in [1.29, 1.82) is 0 Å². The summed E-state index contributed by atoms with van der Waals surface area (Å²) in [6.07, 6.45) is 5.72. The van der Waals surface area contributed by atoms with Gasteiger partial charge in [-0.05, 0) is 25.3 Å². The lowest BCUT2D eigenvalue weighted by atomic mass is 9.89. The molecular weight excluding hydrogens is 321 g/mol. The number of aromatic amines is 1. The summed E-state index contributed by atoms with van der Waals surface area (Å²) in [5.74, 6) is 0.263. The van der Waals surface area contributed by atoms with E-state index < -0.39 is 6.10 Å². The first kappa shape index (κ1) is 19.6. The van der Waals surface area contributed by atoms with Crippen LogP contribution in [0.2, 0.25) is 6.32 Å². The van der Waals surface area contributed by atoms with Gasteiger partial charge in [-0.15, -0.1) is 0 Å². The molecule has 8 heteroatoms. The number of H-pyrrole nitrogens is 1. The number of nitrogens with one attached hydrogen (secondary N) is 1. The van der Waals surface area contributed by atoms with Crippen molar-refractivity contribution in [3.8, 4) is 0 Å². The minimum Gasteiger partial charge on any atom is -0.454 e. The Bertz CT molecular complexity index is 737. The lowest BCUT2D eigenvalue weighted by molar-refractivity contribution is 0.141. The van der Waals surface area contributed by atoms with E-state index in [4.69, 9.17) is 10.1 Å². The number of aliphatic hydroxyl groups is 2. The van der Waals surface area contributed by atoms with Gasteiger partial charge in [-0.25, -0.2) is 9.97 Å². The number of aliphatic hydroxyl groups excluding tert-OH is 2. The van der Waals surface area contributed by atoms with E-state index in [0.29, 0.717) is 18.2 Å². The zero-order chi connectivity index (χ0) is 18.2. The lowest BCUT2D eigenvalue weighted by Gasteiger charge is -2.19. The third kappa shape index (κ3) is 5.35. The largest absolute Gasteiger partial charge is 0.454 e. The van der Waals surface area contributed by atoms with E-state index >= 15 is 0 Å². The molecule has 0 bridgehead atoms. The molecule has 0 fully saturated rings. The summed E-state index contributed by atoms with van der Waals surface area (Å²) in [4.78, 5) is 23.3. The quantitative estimate of drug-likeness (QED) is 0.376. The third-order valence-electron chi connectivity index (χ3n) is 4.48. The monoisotopic (exact) mass is 347 g/mol. The molecule has 0 aliphatic carbocycles. The summed E-state index contributed by atoms with van der Waals surface area (Å²) in [6, 6.07) is 1.85. The molecule has 0 amide bonds. The maximum Gasteiger partial charge on any atom is 0.274 e. The van der Waals surface area contributed by atoms with E-state index in [1.807, 2.05) is 13.0 Å². The van der Waals surface area contributed by atoms with Gasteiger partial charge in [-0.1, -0.05) is 26.1 Å². The summed E-state index contributed by atoms with van der Waals surface area (Å²) in [5.41, 5.74) is 0.734. The Morgan fingerprint density at radius 3 is 2.84 bits per heavy atom. The molecule has 2 aromatic rings. The van der Waals surface area contributed by atoms with Crippen LogP contribution < -0.4 is 5.56 Å². The van der Waals surface area contributed by atoms with Crippen molar-refractivity contribution in [3.05, 3.63) is 34.1 Å². The normalized spacial score (nSPS) is 13.8. The Morgan fingerprint density at radius 2 is 2.16 bits per heavy atom. The Kier molecular flexibility index (Phi) is 7.55. The Labute approximate surface area is 147 Å². The Morgan fingerprint density at radius 1 is 1.36 bits per heavy atom. The number of nitrogens with zero attached hydrogens (tertiary/aromatic N) is 2. The topological polar surface area (TPSA) is 119 Å². The fourth-order valence-corrected chi connectivity index (χ4v) is 3.03. The first-order valence-electron chi connectivity index (χ1n) is 8.87. The highest BCUT2D eigenvalue weighted by molar-refractivity contribution is 6.25. The maximum atomic E-state index is 12.3. The van der Waals surface area contributed by atoms with Gasteiger partial charge in [0.1, 0.15) is 12.1 Å². The molecule has 2 atom stereocenters. The van der Waals surface area contributed by atoms with Crippen molar-refractivity contribution in [2.75, 3.05) is 0 Å². The number of hydrogen-bond donors (Lipinski definition) is 4. The summed E-state index contributed by atoms with van der Waals surface area (Å²) >= 11 is 0. The minimum absolute atomic E-state index is 0.0439. The summed E-state index contributed by atoms with van der Waals surface area (Å²) in [5, 5.41) is 28.8. The van der Waals surface area contributed by atoms with Gasteiger partial charge < -0.3 is 20.2 Å². The molecule has 0 spiro atoms. The second-order valence-corrected chi connectivity index (χ2v) is 6.37. The molecule has 7 nitrogen and oxygen atoms in total. The number of aromatic nitrogens is 3. The lowest BCUT2D eigenvalue weighted by Crippen LogP contribution is -2.18.